The average Bonchev–Trinajstić information content (AvgIpc) is 3.32. The summed E-state index contributed by atoms with van der Waals surface area (Å²) in [6.45, 7) is 5.22. The summed E-state index contributed by atoms with van der Waals surface area (Å²) in [5.74, 6) is 1.66. The van der Waals surface area contributed by atoms with Gasteiger partial charge in [0, 0.05) is 25.0 Å². The van der Waals surface area contributed by atoms with E-state index in [2.05, 4.69) is 41.5 Å². The Morgan fingerprint density at radius 3 is 2.77 bits per heavy atom. The summed E-state index contributed by atoms with van der Waals surface area (Å²) >= 11 is 0. The van der Waals surface area contributed by atoms with Crippen LogP contribution in [0, 0.1) is 5.92 Å². The molecule has 2 N–H and O–H groups in total. The van der Waals surface area contributed by atoms with Gasteiger partial charge in [-0.2, -0.15) is 0 Å². The Labute approximate surface area is 155 Å². The molecular weight excluding hydrogens is 324 g/mol. The standard InChI is InChI=1S/C21H30N4O/c1-14(2)25-18-10-4-3-9-17(18)23-21(25)19-11-6-12-24(19)20(26)13-15-7-5-8-16(15)22/h3-4,9-10,14-16,19H,5-8,11-13,22H2,1-2H3/t15-,16+,19?/m0/s1. The molecule has 0 spiro atoms. The molecule has 1 saturated carbocycles. The van der Waals surface area contributed by atoms with Crippen molar-refractivity contribution >= 4 is 16.9 Å². The molecule has 0 bridgehead atoms. The van der Waals surface area contributed by atoms with E-state index >= 15 is 0 Å². The molecule has 2 heterocycles. The third-order valence-electron chi connectivity index (χ3n) is 6.17. The zero-order valence-corrected chi connectivity index (χ0v) is 15.9. The maximum absolute atomic E-state index is 13.1. The molecule has 2 aliphatic rings. The van der Waals surface area contributed by atoms with Gasteiger partial charge in [-0.15, -0.1) is 0 Å². The Hall–Kier alpha value is -1.88. The first kappa shape index (κ1) is 17.5. The molecule has 3 atom stereocenters. The number of benzene rings is 1. The molecule has 4 rings (SSSR count). The summed E-state index contributed by atoms with van der Waals surface area (Å²) in [7, 11) is 0. The number of carbonyl (C=O) groups is 1. The minimum Gasteiger partial charge on any atom is -0.332 e. The lowest BCUT2D eigenvalue weighted by Gasteiger charge is -2.28. The van der Waals surface area contributed by atoms with Crippen LogP contribution in [0.4, 0.5) is 0 Å². The van der Waals surface area contributed by atoms with Gasteiger partial charge in [0.15, 0.2) is 0 Å². The zero-order chi connectivity index (χ0) is 18.3. The van der Waals surface area contributed by atoms with Crippen LogP contribution in [0.2, 0.25) is 0 Å². The number of aromatic nitrogens is 2. The lowest BCUT2D eigenvalue weighted by Crippen LogP contribution is -2.36. The number of carbonyl (C=O) groups excluding carboxylic acids is 1. The Kier molecular flexibility index (Phi) is 4.74. The number of likely N-dealkylation sites (tertiary alicyclic amines) is 1. The lowest BCUT2D eigenvalue weighted by molar-refractivity contribution is -0.133. The van der Waals surface area contributed by atoms with Gasteiger partial charge >= 0.3 is 0 Å². The van der Waals surface area contributed by atoms with E-state index in [0.717, 1.165) is 55.5 Å². The first-order valence-electron chi connectivity index (χ1n) is 10.1. The lowest BCUT2D eigenvalue weighted by atomic mass is 9.99. The van der Waals surface area contributed by atoms with E-state index in [-0.39, 0.29) is 18.0 Å². The Balaban J connectivity index is 1.63. The fraction of sp³-hybridized carbons (Fsp3) is 0.619. The summed E-state index contributed by atoms with van der Waals surface area (Å²) in [5.41, 5.74) is 8.38. The zero-order valence-electron chi connectivity index (χ0n) is 15.9. The molecule has 1 unspecified atom stereocenters. The highest BCUT2D eigenvalue weighted by atomic mass is 16.2. The van der Waals surface area contributed by atoms with Gasteiger partial charge in [0.05, 0.1) is 17.1 Å². The fourth-order valence-electron chi connectivity index (χ4n) is 4.84. The maximum Gasteiger partial charge on any atom is 0.223 e. The normalized spacial score (nSPS) is 26.3. The van der Waals surface area contributed by atoms with Crippen LogP contribution in [0.15, 0.2) is 24.3 Å². The highest BCUT2D eigenvalue weighted by molar-refractivity contribution is 5.79. The van der Waals surface area contributed by atoms with Crippen molar-refractivity contribution in [2.75, 3.05) is 6.54 Å². The van der Waals surface area contributed by atoms with Crippen LogP contribution in [0.5, 0.6) is 0 Å². The van der Waals surface area contributed by atoms with Gasteiger partial charge in [-0.1, -0.05) is 18.6 Å². The highest BCUT2D eigenvalue weighted by Gasteiger charge is 2.36. The van der Waals surface area contributed by atoms with E-state index in [1.807, 2.05) is 6.07 Å². The second-order valence-electron chi connectivity index (χ2n) is 8.23. The second-order valence-corrected chi connectivity index (χ2v) is 8.23. The monoisotopic (exact) mass is 354 g/mol. The number of rotatable bonds is 4. The maximum atomic E-state index is 13.1. The summed E-state index contributed by atoms with van der Waals surface area (Å²) in [6, 6.07) is 8.89. The molecule has 5 nitrogen and oxygen atoms in total. The van der Waals surface area contributed by atoms with Gasteiger partial charge in [0.1, 0.15) is 5.82 Å². The molecule has 1 aliphatic heterocycles. The van der Waals surface area contributed by atoms with Gasteiger partial charge < -0.3 is 15.2 Å². The molecule has 1 saturated heterocycles. The number of imidazole rings is 1. The van der Waals surface area contributed by atoms with E-state index in [0.29, 0.717) is 18.4 Å². The van der Waals surface area contributed by atoms with Crippen molar-refractivity contribution in [3.63, 3.8) is 0 Å². The number of fused-ring (bicyclic) bond motifs is 1. The summed E-state index contributed by atoms with van der Waals surface area (Å²) in [6.07, 6.45) is 5.96. The minimum atomic E-state index is 0.0925. The number of para-hydroxylation sites is 2. The van der Waals surface area contributed by atoms with E-state index in [9.17, 15) is 4.79 Å². The van der Waals surface area contributed by atoms with Gasteiger partial charge in [-0.25, -0.2) is 4.98 Å². The fourth-order valence-corrected chi connectivity index (χ4v) is 4.84. The molecule has 2 fully saturated rings. The van der Waals surface area contributed by atoms with Gasteiger partial charge in [-0.05, 0) is 57.6 Å². The Bertz CT molecular complexity index is 796. The van der Waals surface area contributed by atoms with Gasteiger partial charge in [-0.3, -0.25) is 4.79 Å². The molecule has 1 aliphatic carbocycles. The molecule has 0 radical (unpaired) electrons. The average molecular weight is 354 g/mol. The van der Waals surface area contributed by atoms with Crippen LogP contribution in [-0.2, 0) is 4.79 Å². The van der Waals surface area contributed by atoms with Crippen molar-refractivity contribution in [1.29, 1.82) is 0 Å². The molecule has 1 aromatic carbocycles. The predicted molar refractivity (Wildman–Crippen MR) is 104 cm³/mol. The third kappa shape index (κ3) is 3.02. The number of hydrogen-bond acceptors (Lipinski definition) is 3. The Morgan fingerprint density at radius 2 is 2.04 bits per heavy atom. The van der Waals surface area contributed by atoms with Crippen molar-refractivity contribution < 1.29 is 4.79 Å². The molecule has 140 valence electrons. The molecule has 5 heteroatoms. The van der Waals surface area contributed by atoms with Crippen molar-refractivity contribution in [2.45, 2.75) is 70.5 Å². The summed E-state index contributed by atoms with van der Waals surface area (Å²) in [5, 5.41) is 0. The third-order valence-corrected chi connectivity index (χ3v) is 6.17. The molecule has 26 heavy (non-hydrogen) atoms. The SMILES string of the molecule is CC(C)n1c(C2CCCN2C(=O)C[C@@H]2CCC[C@H]2N)nc2ccccc21. The molecule has 1 aromatic heterocycles. The first-order valence-corrected chi connectivity index (χ1v) is 10.1. The number of amides is 1. The van der Waals surface area contributed by atoms with Crippen LogP contribution in [-0.4, -0.2) is 32.9 Å². The predicted octanol–water partition coefficient (Wildman–Crippen LogP) is 3.80. The van der Waals surface area contributed by atoms with Crippen LogP contribution in [0.3, 0.4) is 0 Å². The van der Waals surface area contributed by atoms with Gasteiger partial charge in [0.25, 0.3) is 0 Å². The number of nitrogens with two attached hydrogens (primary N) is 1. The van der Waals surface area contributed by atoms with Crippen molar-refractivity contribution in [2.24, 2.45) is 11.7 Å². The second kappa shape index (κ2) is 7.03. The number of nitrogens with zero attached hydrogens (tertiary/aromatic N) is 3. The Morgan fingerprint density at radius 1 is 1.23 bits per heavy atom. The minimum absolute atomic E-state index is 0.0925. The van der Waals surface area contributed by atoms with Crippen LogP contribution < -0.4 is 5.73 Å². The van der Waals surface area contributed by atoms with Crippen molar-refractivity contribution in [3.05, 3.63) is 30.1 Å². The quantitative estimate of drug-likeness (QED) is 0.908. The van der Waals surface area contributed by atoms with Crippen molar-refractivity contribution in [1.82, 2.24) is 14.5 Å². The van der Waals surface area contributed by atoms with E-state index in [1.54, 1.807) is 0 Å². The summed E-state index contributed by atoms with van der Waals surface area (Å²) < 4.78 is 2.31. The van der Waals surface area contributed by atoms with Crippen LogP contribution in [0.1, 0.15) is 70.3 Å². The molecule has 2 aromatic rings. The number of hydrogen-bond donors (Lipinski definition) is 1. The van der Waals surface area contributed by atoms with Crippen LogP contribution >= 0.6 is 0 Å². The summed E-state index contributed by atoms with van der Waals surface area (Å²) in [4.78, 5) is 20.1. The van der Waals surface area contributed by atoms with E-state index in [1.165, 1.54) is 0 Å². The largest absolute Gasteiger partial charge is 0.332 e. The van der Waals surface area contributed by atoms with Crippen molar-refractivity contribution in [3.8, 4) is 0 Å². The van der Waals surface area contributed by atoms with E-state index in [4.69, 9.17) is 10.7 Å². The first-order chi connectivity index (χ1) is 12.6. The topological polar surface area (TPSA) is 64.2 Å². The van der Waals surface area contributed by atoms with E-state index < -0.39 is 0 Å². The van der Waals surface area contributed by atoms with Gasteiger partial charge in [0.2, 0.25) is 5.91 Å². The van der Waals surface area contributed by atoms with Crippen LogP contribution in [0.25, 0.3) is 11.0 Å². The molecular formula is C21H30N4O. The highest BCUT2D eigenvalue weighted by Crippen LogP contribution is 2.37. The molecule has 1 amide bonds. The smallest absolute Gasteiger partial charge is 0.223 e.